The molecule has 0 heterocycles. The third-order valence-corrected chi connectivity index (χ3v) is 4.19. The fraction of sp³-hybridized carbons (Fsp3) is 0.429. The Kier molecular flexibility index (Phi) is 4.04. The molecule has 1 fully saturated rings. The molecule has 108 valence electrons. The number of anilines is 1. The van der Waals surface area contributed by atoms with Gasteiger partial charge in [-0.15, -0.1) is 0 Å². The zero-order valence-corrected chi connectivity index (χ0v) is 13.0. The van der Waals surface area contributed by atoms with Crippen molar-refractivity contribution < 1.29 is 14.7 Å². The molecule has 6 heteroatoms. The number of carbonyl (C=O) groups excluding carboxylic acids is 1. The molecule has 1 aromatic carbocycles. The van der Waals surface area contributed by atoms with Crippen LogP contribution in [0, 0.1) is 5.92 Å². The summed E-state index contributed by atoms with van der Waals surface area (Å²) in [4.78, 5) is 22.9. The number of rotatable bonds is 4. The van der Waals surface area contributed by atoms with E-state index in [0.717, 1.165) is 12.8 Å². The van der Waals surface area contributed by atoms with E-state index in [1.54, 1.807) is 6.07 Å². The topological polar surface area (TPSA) is 78.4 Å². The highest BCUT2D eigenvalue weighted by Crippen LogP contribution is 2.39. The first kappa shape index (κ1) is 14.8. The lowest BCUT2D eigenvalue weighted by molar-refractivity contribution is 0.0697. The van der Waals surface area contributed by atoms with Gasteiger partial charge in [0.15, 0.2) is 0 Å². The average Bonchev–Trinajstić information content (AvgIpc) is 3.15. The van der Waals surface area contributed by atoms with Crippen LogP contribution in [0.5, 0.6) is 0 Å². The zero-order valence-electron chi connectivity index (χ0n) is 11.4. The number of hydrogen-bond acceptors (Lipinski definition) is 2. The lowest BCUT2D eigenvalue weighted by Gasteiger charge is -2.26. The summed E-state index contributed by atoms with van der Waals surface area (Å²) < 4.78 is 0.641. The van der Waals surface area contributed by atoms with Gasteiger partial charge >= 0.3 is 12.0 Å². The molecule has 0 saturated heterocycles. The van der Waals surface area contributed by atoms with Gasteiger partial charge in [0.25, 0.3) is 0 Å². The van der Waals surface area contributed by atoms with Gasteiger partial charge in [0.05, 0.1) is 11.3 Å². The monoisotopic (exact) mass is 340 g/mol. The summed E-state index contributed by atoms with van der Waals surface area (Å²) >= 11 is 3.29. The number of carboxylic acid groups (broad SMARTS) is 1. The fourth-order valence-electron chi connectivity index (χ4n) is 2.11. The van der Waals surface area contributed by atoms with Crippen LogP contribution in [-0.4, -0.2) is 22.6 Å². The largest absolute Gasteiger partial charge is 0.478 e. The van der Waals surface area contributed by atoms with Crippen molar-refractivity contribution >= 4 is 33.6 Å². The third-order valence-electron chi connectivity index (χ3n) is 3.50. The minimum atomic E-state index is -1.03. The summed E-state index contributed by atoms with van der Waals surface area (Å²) in [5, 5.41) is 14.6. The van der Waals surface area contributed by atoms with Crippen molar-refractivity contribution in [2.24, 2.45) is 5.92 Å². The number of aromatic carboxylic acids is 1. The predicted octanol–water partition coefficient (Wildman–Crippen LogP) is 3.46. The highest BCUT2D eigenvalue weighted by Gasteiger charge is 2.38. The third kappa shape index (κ3) is 3.50. The van der Waals surface area contributed by atoms with Crippen LogP contribution in [0.4, 0.5) is 10.5 Å². The maximum atomic E-state index is 12.0. The van der Waals surface area contributed by atoms with E-state index in [1.165, 1.54) is 12.1 Å². The Hall–Kier alpha value is -1.56. The number of hydrogen-bond donors (Lipinski definition) is 3. The first-order valence-corrected chi connectivity index (χ1v) is 7.21. The standard InChI is InChI=1S/C14H17BrN2O3/c1-14(2,9-4-5-9)17-13(20)16-11-7-8(12(18)19)3-6-10(11)15/h3,6-7,9H,4-5H2,1-2H3,(H,18,19)(H2,16,17,20). The highest BCUT2D eigenvalue weighted by molar-refractivity contribution is 9.10. The molecule has 20 heavy (non-hydrogen) atoms. The Labute approximate surface area is 125 Å². The van der Waals surface area contributed by atoms with Crippen LogP contribution in [0.25, 0.3) is 0 Å². The SMILES string of the molecule is CC(C)(NC(=O)Nc1cc(C(=O)O)ccc1Br)C1CC1. The van der Waals surface area contributed by atoms with Crippen LogP contribution in [0.2, 0.25) is 0 Å². The van der Waals surface area contributed by atoms with Crippen LogP contribution < -0.4 is 10.6 Å². The molecule has 0 bridgehead atoms. The lowest BCUT2D eigenvalue weighted by atomic mass is 9.99. The fourth-order valence-corrected chi connectivity index (χ4v) is 2.45. The number of halogens is 1. The smallest absolute Gasteiger partial charge is 0.335 e. The van der Waals surface area contributed by atoms with E-state index < -0.39 is 5.97 Å². The van der Waals surface area contributed by atoms with Gasteiger partial charge in [0, 0.05) is 10.0 Å². The molecule has 0 unspecified atom stereocenters. The molecule has 1 saturated carbocycles. The van der Waals surface area contributed by atoms with Gasteiger partial charge in [-0.2, -0.15) is 0 Å². The normalized spacial score (nSPS) is 14.8. The van der Waals surface area contributed by atoms with E-state index in [2.05, 4.69) is 26.6 Å². The Morgan fingerprint density at radius 1 is 1.35 bits per heavy atom. The quantitative estimate of drug-likeness (QED) is 0.785. The van der Waals surface area contributed by atoms with Crippen molar-refractivity contribution in [3.8, 4) is 0 Å². The summed E-state index contributed by atoms with van der Waals surface area (Å²) in [6, 6.07) is 4.18. The molecule has 0 spiro atoms. The Bertz CT molecular complexity index is 553. The van der Waals surface area contributed by atoms with Gasteiger partial charge in [0.2, 0.25) is 0 Å². The van der Waals surface area contributed by atoms with Crippen molar-refractivity contribution in [1.82, 2.24) is 5.32 Å². The molecule has 0 aromatic heterocycles. The highest BCUT2D eigenvalue weighted by atomic mass is 79.9. The second-order valence-corrected chi connectivity index (χ2v) is 6.43. The van der Waals surface area contributed by atoms with Crippen molar-refractivity contribution in [1.29, 1.82) is 0 Å². The van der Waals surface area contributed by atoms with E-state index in [1.807, 2.05) is 13.8 Å². The minimum absolute atomic E-state index is 0.130. The second kappa shape index (κ2) is 5.44. The van der Waals surface area contributed by atoms with Gasteiger partial charge in [-0.1, -0.05) is 0 Å². The van der Waals surface area contributed by atoms with E-state index in [0.29, 0.717) is 16.1 Å². The zero-order chi connectivity index (χ0) is 14.9. The maximum Gasteiger partial charge on any atom is 0.335 e. The number of benzene rings is 1. The van der Waals surface area contributed by atoms with Gasteiger partial charge in [0.1, 0.15) is 0 Å². The summed E-state index contributed by atoms with van der Waals surface area (Å²) in [5.74, 6) is -0.513. The number of urea groups is 1. The summed E-state index contributed by atoms with van der Waals surface area (Å²) in [5.41, 5.74) is 0.319. The summed E-state index contributed by atoms with van der Waals surface area (Å²) in [6.07, 6.45) is 2.26. The molecular formula is C14H17BrN2O3. The van der Waals surface area contributed by atoms with Crippen molar-refractivity contribution in [3.05, 3.63) is 28.2 Å². The molecule has 3 N–H and O–H groups in total. The van der Waals surface area contributed by atoms with Crippen molar-refractivity contribution in [2.45, 2.75) is 32.2 Å². The van der Waals surface area contributed by atoms with E-state index in [-0.39, 0.29) is 17.1 Å². The predicted molar refractivity (Wildman–Crippen MR) is 80.1 cm³/mol. The molecule has 2 amide bonds. The van der Waals surface area contributed by atoms with Crippen LogP contribution in [0.1, 0.15) is 37.0 Å². The van der Waals surface area contributed by atoms with Crippen LogP contribution in [-0.2, 0) is 0 Å². The molecular weight excluding hydrogens is 324 g/mol. The van der Waals surface area contributed by atoms with Gasteiger partial charge in [-0.25, -0.2) is 9.59 Å². The van der Waals surface area contributed by atoms with Gasteiger partial charge < -0.3 is 15.7 Å². The lowest BCUT2D eigenvalue weighted by Crippen LogP contribution is -2.47. The Morgan fingerprint density at radius 2 is 2.00 bits per heavy atom. The Morgan fingerprint density at radius 3 is 2.55 bits per heavy atom. The van der Waals surface area contributed by atoms with Crippen molar-refractivity contribution in [2.75, 3.05) is 5.32 Å². The molecule has 1 aromatic rings. The van der Waals surface area contributed by atoms with Crippen LogP contribution >= 0.6 is 15.9 Å². The summed E-state index contributed by atoms with van der Waals surface area (Å²) in [6.45, 7) is 3.99. The molecule has 0 aliphatic heterocycles. The molecule has 2 rings (SSSR count). The summed E-state index contributed by atoms with van der Waals surface area (Å²) in [7, 11) is 0. The first-order valence-electron chi connectivity index (χ1n) is 6.41. The van der Waals surface area contributed by atoms with E-state index >= 15 is 0 Å². The van der Waals surface area contributed by atoms with Gasteiger partial charge in [-0.3, -0.25) is 0 Å². The van der Waals surface area contributed by atoms with Crippen molar-refractivity contribution in [3.63, 3.8) is 0 Å². The van der Waals surface area contributed by atoms with Crippen LogP contribution in [0.15, 0.2) is 22.7 Å². The molecule has 5 nitrogen and oxygen atoms in total. The Balaban J connectivity index is 2.07. The number of amides is 2. The molecule has 1 aliphatic carbocycles. The van der Waals surface area contributed by atoms with Gasteiger partial charge in [-0.05, 0) is 66.7 Å². The number of nitrogens with one attached hydrogen (secondary N) is 2. The molecule has 0 radical (unpaired) electrons. The van der Waals surface area contributed by atoms with Crippen LogP contribution in [0.3, 0.4) is 0 Å². The van der Waals surface area contributed by atoms with E-state index in [4.69, 9.17) is 5.11 Å². The van der Waals surface area contributed by atoms with E-state index in [9.17, 15) is 9.59 Å². The maximum absolute atomic E-state index is 12.0. The minimum Gasteiger partial charge on any atom is -0.478 e. The first-order chi connectivity index (χ1) is 9.29. The molecule has 1 aliphatic rings. The number of carbonyl (C=O) groups is 2. The average molecular weight is 341 g/mol. The second-order valence-electron chi connectivity index (χ2n) is 5.57. The molecule has 0 atom stereocenters. The number of carboxylic acids is 1.